The largest absolute Gasteiger partial charge is 0.378 e. The summed E-state index contributed by atoms with van der Waals surface area (Å²) in [6, 6.07) is 18.8. The van der Waals surface area contributed by atoms with Crippen LogP contribution in [0.1, 0.15) is 19.4 Å². The predicted octanol–water partition coefficient (Wildman–Crippen LogP) is 4.10. The van der Waals surface area contributed by atoms with E-state index < -0.39 is 0 Å². The Morgan fingerprint density at radius 1 is 0.963 bits per heavy atom. The summed E-state index contributed by atoms with van der Waals surface area (Å²) in [4.78, 5) is 8.88. The van der Waals surface area contributed by atoms with Crippen LogP contribution in [0.3, 0.4) is 0 Å². The highest BCUT2D eigenvalue weighted by atomic mass is 15.3. The van der Waals surface area contributed by atoms with E-state index in [4.69, 9.17) is 0 Å². The van der Waals surface area contributed by atoms with Crippen LogP contribution in [-0.4, -0.2) is 35.3 Å². The van der Waals surface area contributed by atoms with Gasteiger partial charge in [-0.15, -0.1) is 5.10 Å². The van der Waals surface area contributed by atoms with Crippen LogP contribution in [0.15, 0.2) is 60.8 Å². The quantitative estimate of drug-likeness (QED) is 0.683. The molecule has 0 bridgehead atoms. The summed E-state index contributed by atoms with van der Waals surface area (Å²) in [5, 5.41) is 11.7. The zero-order chi connectivity index (χ0) is 19.2. The molecule has 1 N–H and O–H groups in total. The van der Waals surface area contributed by atoms with Crippen molar-refractivity contribution in [3.63, 3.8) is 0 Å². The summed E-state index contributed by atoms with van der Waals surface area (Å²) in [7, 11) is 4.05. The van der Waals surface area contributed by atoms with Crippen LogP contribution in [-0.2, 0) is 6.54 Å². The van der Waals surface area contributed by atoms with E-state index >= 15 is 0 Å². The van der Waals surface area contributed by atoms with Gasteiger partial charge in [-0.25, -0.2) is 0 Å². The summed E-state index contributed by atoms with van der Waals surface area (Å²) < 4.78 is 0. The number of benzene rings is 2. The molecule has 3 aromatic rings. The number of hydrogen-bond acceptors (Lipinski definition) is 6. The molecule has 0 saturated carbocycles. The highest BCUT2D eigenvalue weighted by Gasteiger charge is 2.15. The van der Waals surface area contributed by atoms with Gasteiger partial charge in [0.25, 0.3) is 0 Å². The molecule has 0 atom stereocenters. The monoisotopic (exact) mass is 362 g/mol. The molecule has 6 heteroatoms. The lowest BCUT2D eigenvalue weighted by Crippen LogP contribution is -2.32. The molecule has 0 aliphatic heterocycles. The number of nitrogens with zero attached hydrogens (tertiary/aromatic N) is 5. The van der Waals surface area contributed by atoms with Crippen LogP contribution in [0.2, 0.25) is 0 Å². The van der Waals surface area contributed by atoms with Gasteiger partial charge in [-0.2, -0.15) is 10.1 Å². The maximum Gasteiger partial charge on any atom is 0.247 e. The van der Waals surface area contributed by atoms with E-state index in [2.05, 4.69) is 68.4 Å². The second-order valence-electron chi connectivity index (χ2n) is 6.92. The maximum atomic E-state index is 4.67. The summed E-state index contributed by atoms with van der Waals surface area (Å²) >= 11 is 0. The van der Waals surface area contributed by atoms with Gasteiger partial charge in [0.1, 0.15) is 0 Å². The Kier molecular flexibility index (Phi) is 5.86. The van der Waals surface area contributed by atoms with Crippen LogP contribution < -0.4 is 15.1 Å². The van der Waals surface area contributed by atoms with Crippen LogP contribution in [0.5, 0.6) is 0 Å². The van der Waals surface area contributed by atoms with Crippen molar-refractivity contribution in [2.75, 3.05) is 29.2 Å². The zero-order valence-electron chi connectivity index (χ0n) is 16.3. The van der Waals surface area contributed by atoms with Gasteiger partial charge < -0.3 is 15.1 Å². The SMILES string of the molecule is CC(C)N(Cc1ccccc1)c1nncc(Nc2ccc(N(C)C)cc2)n1. The second kappa shape index (κ2) is 8.49. The lowest BCUT2D eigenvalue weighted by molar-refractivity contribution is 0.653. The number of aromatic nitrogens is 3. The Morgan fingerprint density at radius 3 is 2.30 bits per heavy atom. The lowest BCUT2D eigenvalue weighted by atomic mass is 10.2. The van der Waals surface area contributed by atoms with Crippen LogP contribution in [0.4, 0.5) is 23.1 Å². The number of rotatable bonds is 7. The van der Waals surface area contributed by atoms with Gasteiger partial charge in [0, 0.05) is 38.1 Å². The third-order valence-corrected chi connectivity index (χ3v) is 4.28. The zero-order valence-corrected chi connectivity index (χ0v) is 16.3. The molecule has 0 aliphatic rings. The van der Waals surface area contributed by atoms with Crippen molar-refractivity contribution < 1.29 is 0 Å². The molecule has 27 heavy (non-hydrogen) atoms. The van der Waals surface area contributed by atoms with E-state index in [-0.39, 0.29) is 6.04 Å². The highest BCUT2D eigenvalue weighted by Crippen LogP contribution is 2.21. The fourth-order valence-electron chi connectivity index (χ4n) is 2.73. The van der Waals surface area contributed by atoms with E-state index in [1.54, 1.807) is 6.20 Å². The van der Waals surface area contributed by atoms with E-state index in [1.807, 2.05) is 44.4 Å². The number of hydrogen-bond donors (Lipinski definition) is 1. The molecule has 1 aromatic heterocycles. The molecule has 2 aromatic carbocycles. The molecule has 3 rings (SSSR count). The Hall–Kier alpha value is -3.15. The van der Waals surface area contributed by atoms with E-state index in [0.29, 0.717) is 11.8 Å². The normalized spacial score (nSPS) is 10.7. The van der Waals surface area contributed by atoms with E-state index in [9.17, 15) is 0 Å². The molecule has 0 saturated heterocycles. The minimum absolute atomic E-state index is 0.252. The molecule has 140 valence electrons. The van der Waals surface area contributed by atoms with Crippen LogP contribution >= 0.6 is 0 Å². The first kappa shape index (κ1) is 18.6. The Balaban J connectivity index is 1.78. The topological polar surface area (TPSA) is 57.2 Å². The maximum absolute atomic E-state index is 4.67. The summed E-state index contributed by atoms with van der Waals surface area (Å²) in [5.41, 5.74) is 3.33. The molecule has 1 heterocycles. The van der Waals surface area contributed by atoms with Crippen molar-refractivity contribution in [2.24, 2.45) is 0 Å². The van der Waals surface area contributed by atoms with Gasteiger partial charge >= 0.3 is 0 Å². The molecule has 6 nitrogen and oxygen atoms in total. The second-order valence-corrected chi connectivity index (χ2v) is 6.92. The standard InChI is InChI=1S/C21H26N6/c1-16(2)27(15-17-8-6-5-7-9-17)21-24-20(14-22-25-21)23-18-10-12-19(13-11-18)26(3)4/h5-14,16H,15H2,1-4H3,(H,23,24,25). The van der Waals surface area contributed by atoms with E-state index in [0.717, 1.165) is 17.9 Å². The van der Waals surface area contributed by atoms with E-state index in [1.165, 1.54) is 5.56 Å². The first-order valence-electron chi connectivity index (χ1n) is 9.07. The molecule has 0 unspecified atom stereocenters. The lowest BCUT2D eigenvalue weighted by Gasteiger charge is -2.26. The molecule has 0 amide bonds. The summed E-state index contributed by atoms with van der Waals surface area (Å²) in [5.74, 6) is 1.29. The molecule has 0 aliphatic carbocycles. The fourth-order valence-corrected chi connectivity index (χ4v) is 2.73. The molecular formula is C21H26N6. The van der Waals surface area contributed by atoms with Crippen molar-refractivity contribution in [1.82, 2.24) is 15.2 Å². The Labute approximate surface area is 160 Å². The van der Waals surface area contributed by atoms with Crippen molar-refractivity contribution >= 4 is 23.1 Å². The van der Waals surface area contributed by atoms with Crippen molar-refractivity contribution in [2.45, 2.75) is 26.4 Å². The minimum Gasteiger partial charge on any atom is -0.378 e. The third-order valence-electron chi connectivity index (χ3n) is 4.28. The van der Waals surface area contributed by atoms with Crippen LogP contribution in [0, 0.1) is 0 Å². The molecule has 0 fully saturated rings. The number of anilines is 4. The summed E-state index contributed by atoms with van der Waals surface area (Å²) in [6.45, 7) is 5.00. The average molecular weight is 362 g/mol. The third kappa shape index (κ3) is 4.94. The van der Waals surface area contributed by atoms with Gasteiger partial charge in [-0.1, -0.05) is 30.3 Å². The van der Waals surface area contributed by atoms with Gasteiger partial charge in [-0.05, 0) is 43.7 Å². The van der Waals surface area contributed by atoms with Gasteiger partial charge in [-0.3, -0.25) is 0 Å². The highest BCUT2D eigenvalue weighted by molar-refractivity contribution is 5.60. The van der Waals surface area contributed by atoms with Gasteiger partial charge in [0.15, 0.2) is 5.82 Å². The predicted molar refractivity (Wildman–Crippen MR) is 112 cm³/mol. The van der Waals surface area contributed by atoms with Crippen molar-refractivity contribution in [3.05, 3.63) is 66.4 Å². The first-order chi connectivity index (χ1) is 13.0. The first-order valence-corrected chi connectivity index (χ1v) is 9.07. The van der Waals surface area contributed by atoms with Gasteiger partial charge in [0.2, 0.25) is 5.95 Å². The van der Waals surface area contributed by atoms with Crippen molar-refractivity contribution in [3.8, 4) is 0 Å². The smallest absolute Gasteiger partial charge is 0.247 e. The Morgan fingerprint density at radius 2 is 1.67 bits per heavy atom. The fraction of sp³-hybridized carbons (Fsp3) is 0.286. The molecule has 0 radical (unpaired) electrons. The van der Waals surface area contributed by atoms with Crippen LogP contribution in [0.25, 0.3) is 0 Å². The van der Waals surface area contributed by atoms with Gasteiger partial charge in [0.05, 0.1) is 6.20 Å². The molecule has 0 spiro atoms. The summed E-state index contributed by atoms with van der Waals surface area (Å²) in [6.07, 6.45) is 1.64. The Bertz CT molecular complexity index is 846. The molecular weight excluding hydrogens is 336 g/mol. The minimum atomic E-state index is 0.252. The van der Waals surface area contributed by atoms with Crippen molar-refractivity contribution in [1.29, 1.82) is 0 Å². The average Bonchev–Trinajstić information content (AvgIpc) is 2.67. The number of nitrogens with one attached hydrogen (secondary N) is 1.